The molecule has 0 saturated carbocycles. The van der Waals surface area contributed by atoms with Crippen LogP contribution in [0.2, 0.25) is 0 Å². The van der Waals surface area contributed by atoms with Gasteiger partial charge in [0.25, 0.3) is 0 Å². The van der Waals surface area contributed by atoms with Crippen molar-refractivity contribution in [2.75, 3.05) is 7.11 Å². The van der Waals surface area contributed by atoms with Gasteiger partial charge < -0.3 is 9.47 Å². The lowest BCUT2D eigenvalue weighted by Crippen LogP contribution is -2.12. The normalized spacial score (nSPS) is 10.7. The summed E-state index contributed by atoms with van der Waals surface area (Å²) >= 11 is 0. The second-order valence-electron chi connectivity index (χ2n) is 5.65. The van der Waals surface area contributed by atoms with Crippen LogP contribution in [0, 0.1) is 6.92 Å². The average molecular weight is 346 g/mol. The Kier molecular flexibility index (Phi) is 5.39. The minimum Gasteiger partial charge on any atom is -0.497 e. The predicted octanol–water partition coefficient (Wildman–Crippen LogP) is 4.18. The predicted molar refractivity (Wildman–Crippen MR) is 100 cm³/mol. The molecule has 0 unspecified atom stereocenters. The van der Waals surface area contributed by atoms with Gasteiger partial charge in [-0.15, -0.1) is 0 Å². The summed E-state index contributed by atoms with van der Waals surface area (Å²) in [5, 5.41) is 0. The molecule has 0 spiro atoms. The van der Waals surface area contributed by atoms with E-state index >= 15 is 0 Å². The number of aromatic nitrogens is 2. The third-order valence-electron chi connectivity index (χ3n) is 3.67. The Hall–Kier alpha value is -3.47. The van der Waals surface area contributed by atoms with Crippen LogP contribution in [0.25, 0.3) is 12.2 Å². The molecule has 130 valence electrons. The standard InChI is InChI=1S/C21H18N2O3/c1-15-3-5-16(6-4-15)7-8-17-13-22-20(23-14-17)21(24)26-19-11-9-18(25-2)10-12-19/h3-14H,1-2H3/b8-7+. The Morgan fingerprint density at radius 1 is 0.846 bits per heavy atom. The molecule has 1 aromatic heterocycles. The Morgan fingerprint density at radius 2 is 1.42 bits per heavy atom. The van der Waals surface area contributed by atoms with Gasteiger partial charge in [-0.2, -0.15) is 0 Å². The highest BCUT2D eigenvalue weighted by molar-refractivity contribution is 5.87. The molecule has 5 heteroatoms. The number of hydrogen-bond acceptors (Lipinski definition) is 5. The van der Waals surface area contributed by atoms with Crippen LogP contribution in [0.1, 0.15) is 27.3 Å². The van der Waals surface area contributed by atoms with Crippen LogP contribution in [-0.4, -0.2) is 23.0 Å². The molecule has 0 saturated heterocycles. The van der Waals surface area contributed by atoms with Crippen LogP contribution in [0.4, 0.5) is 0 Å². The smallest absolute Gasteiger partial charge is 0.381 e. The molecular weight excluding hydrogens is 328 g/mol. The number of benzene rings is 2. The van der Waals surface area contributed by atoms with E-state index in [4.69, 9.17) is 9.47 Å². The van der Waals surface area contributed by atoms with Gasteiger partial charge in [-0.3, -0.25) is 0 Å². The highest BCUT2D eigenvalue weighted by Crippen LogP contribution is 2.17. The second-order valence-corrected chi connectivity index (χ2v) is 5.65. The first-order valence-electron chi connectivity index (χ1n) is 8.07. The number of aryl methyl sites for hydroxylation is 1. The first kappa shape index (κ1) is 17.4. The van der Waals surface area contributed by atoms with Crippen molar-refractivity contribution in [2.24, 2.45) is 0 Å². The Balaban J connectivity index is 1.64. The van der Waals surface area contributed by atoms with Crippen LogP contribution >= 0.6 is 0 Å². The summed E-state index contributed by atoms with van der Waals surface area (Å²) in [6.07, 6.45) is 7.03. The maximum Gasteiger partial charge on any atom is 0.381 e. The van der Waals surface area contributed by atoms with Crippen molar-refractivity contribution in [3.63, 3.8) is 0 Å². The van der Waals surface area contributed by atoms with E-state index in [1.165, 1.54) is 5.56 Å². The molecule has 0 aliphatic heterocycles. The maximum absolute atomic E-state index is 12.1. The van der Waals surface area contributed by atoms with Gasteiger partial charge in [0.2, 0.25) is 5.82 Å². The molecule has 0 radical (unpaired) electrons. The van der Waals surface area contributed by atoms with E-state index in [0.717, 1.165) is 11.1 Å². The number of esters is 1. The molecule has 0 aliphatic rings. The third-order valence-corrected chi connectivity index (χ3v) is 3.67. The van der Waals surface area contributed by atoms with E-state index in [2.05, 4.69) is 22.1 Å². The molecule has 3 rings (SSSR count). The number of ether oxygens (including phenoxy) is 2. The SMILES string of the molecule is COc1ccc(OC(=O)c2ncc(/C=C/c3ccc(C)cc3)cn2)cc1. The van der Waals surface area contributed by atoms with Crippen molar-refractivity contribution in [2.45, 2.75) is 6.92 Å². The molecular formula is C21H18N2O3. The summed E-state index contributed by atoms with van der Waals surface area (Å²) in [6, 6.07) is 14.9. The van der Waals surface area contributed by atoms with Crippen molar-refractivity contribution in [1.29, 1.82) is 0 Å². The number of methoxy groups -OCH3 is 1. The van der Waals surface area contributed by atoms with E-state index < -0.39 is 5.97 Å². The minimum absolute atomic E-state index is 0.00769. The molecule has 5 nitrogen and oxygen atoms in total. The van der Waals surface area contributed by atoms with Gasteiger partial charge in [0.15, 0.2) is 0 Å². The molecule has 2 aromatic carbocycles. The quantitative estimate of drug-likeness (QED) is 0.512. The van der Waals surface area contributed by atoms with Crippen molar-refractivity contribution in [1.82, 2.24) is 9.97 Å². The molecule has 26 heavy (non-hydrogen) atoms. The molecule has 0 bridgehead atoms. The zero-order valence-electron chi connectivity index (χ0n) is 14.5. The van der Waals surface area contributed by atoms with Crippen LogP contribution in [-0.2, 0) is 0 Å². The van der Waals surface area contributed by atoms with E-state index in [1.54, 1.807) is 43.8 Å². The summed E-state index contributed by atoms with van der Waals surface area (Å²) in [7, 11) is 1.57. The lowest BCUT2D eigenvalue weighted by molar-refractivity contribution is 0.0721. The van der Waals surface area contributed by atoms with Gasteiger partial charge in [0, 0.05) is 18.0 Å². The summed E-state index contributed by atoms with van der Waals surface area (Å²) in [5.41, 5.74) is 3.09. The van der Waals surface area contributed by atoms with E-state index in [9.17, 15) is 4.79 Å². The molecule has 1 heterocycles. The lowest BCUT2D eigenvalue weighted by atomic mass is 10.1. The van der Waals surface area contributed by atoms with Gasteiger partial charge in [0.1, 0.15) is 11.5 Å². The molecule has 0 atom stereocenters. The first-order chi connectivity index (χ1) is 12.6. The topological polar surface area (TPSA) is 61.3 Å². The number of carbonyl (C=O) groups is 1. The zero-order chi connectivity index (χ0) is 18.4. The highest BCUT2D eigenvalue weighted by Gasteiger charge is 2.11. The average Bonchev–Trinajstić information content (AvgIpc) is 2.68. The Morgan fingerprint density at radius 3 is 2.04 bits per heavy atom. The van der Waals surface area contributed by atoms with Gasteiger partial charge in [-0.1, -0.05) is 42.0 Å². The number of rotatable bonds is 5. The van der Waals surface area contributed by atoms with Crippen molar-refractivity contribution < 1.29 is 14.3 Å². The van der Waals surface area contributed by atoms with Crippen molar-refractivity contribution in [3.05, 3.63) is 83.4 Å². The van der Waals surface area contributed by atoms with Crippen LogP contribution in [0.3, 0.4) is 0 Å². The Bertz CT molecular complexity index is 899. The summed E-state index contributed by atoms with van der Waals surface area (Å²) in [4.78, 5) is 20.2. The fourth-order valence-electron chi connectivity index (χ4n) is 2.20. The van der Waals surface area contributed by atoms with Crippen LogP contribution < -0.4 is 9.47 Å². The largest absolute Gasteiger partial charge is 0.497 e. The fraction of sp³-hybridized carbons (Fsp3) is 0.0952. The molecule has 0 amide bonds. The van der Waals surface area contributed by atoms with E-state index in [1.807, 2.05) is 31.2 Å². The van der Waals surface area contributed by atoms with Crippen molar-refractivity contribution >= 4 is 18.1 Å². The monoisotopic (exact) mass is 346 g/mol. The van der Waals surface area contributed by atoms with E-state index in [0.29, 0.717) is 11.5 Å². The van der Waals surface area contributed by atoms with Crippen LogP contribution in [0.15, 0.2) is 60.9 Å². The van der Waals surface area contributed by atoms with Gasteiger partial charge in [-0.05, 0) is 36.8 Å². The van der Waals surface area contributed by atoms with Gasteiger partial charge in [0.05, 0.1) is 7.11 Å². The maximum atomic E-state index is 12.1. The Labute approximate surface area is 152 Å². The highest BCUT2D eigenvalue weighted by atomic mass is 16.5. The molecule has 0 fully saturated rings. The van der Waals surface area contributed by atoms with Crippen molar-refractivity contribution in [3.8, 4) is 11.5 Å². The number of nitrogens with zero attached hydrogens (tertiary/aromatic N) is 2. The summed E-state index contributed by atoms with van der Waals surface area (Å²) in [6.45, 7) is 2.05. The number of carbonyl (C=O) groups excluding carboxylic acids is 1. The third kappa shape index (κ3) is 4.54. The molecule has 0 N–H and O–H groups in total. The van der Waals surface area contributed by atoms with Gasteiger partial charge >= 0.3 is 5.97 Å². The zero-order valence-corrected chi connectivity index (χ0v) is 14.5. The number of hydrogen-bond donors (Lipinski definition) is 0. The van der Waals surface area contributed by atoms with E-state index in [-0.39, 0.29) is 5.82 Å². The molecule has 3 aromatic rings. The minimum atomic E-state index is -0.607. The van der Waals surface area contributed by atoms with Gasteiger partial charge in [-0.25, -0.2) is 14.8 Å². The fourth-order valence-corrected chi connectivity index (χ4v) is 2.20. The first-order valence-corrected chi connectivity index (χ1v) is 8.07. The summed E-state index contributed by atoms with van der Waals surface area (Å²) < 4.78 is 10.3. The lowest BCUT2D eigenvalue weighted by Gasteiger charge is -2.04. The molecule has 0 aliphatic carbocycles. The van der Waals surface area contributed by atoms with Crippen LogP contribution in [0.5, 0.6) is 11.5 Å². The summed E-state index contributed by atoms with van der Waals surface area (Å²) in [5.74, 6) is 0.492. The second kappa shape index (κ2) is 8.07.